The molecule has 4 heteroatoms. The molecule has 0 saturated carbocycles. The zero-order valence-corrected chi connectivity index (χ0v) is 13.4. The summed E-state index contributed by atoms with van der Waals surface area (Å²) in [5.74, 6) is 0.0101. The number of hydrogen-bond acceptors (Lipinski definition) is 3. The van der Waals surface area contributed by atoms with Crippen LogP contribution in [0.3, 0.4) is 0 Å². The third kappa shape index (κ3) is 6.27. The van der Waals surface area contributed by atoms with E-state index in [9.17, 15) is 4.79 Å². The summed E-state index contributed by atoms with van der Waals surface area (Å²) in [6, 6.07) is 8.50. The van der Waals surface area contributed by atoms with Gasteiger partial charge < -0.3 is 10.4 Å². The first-order valence-electron chi connectivity index (χ1n) is 7.77. The van der Waals surface area contributed by atoms with Crippen LogP contribution in [-0.2, 0) is 11.3 Å². The van der Waals surface area contributed by atoms with E-state index in [0.717, 1.165) is 18.4 Å². The van der Waals surface area contributed by atoms with Crippen molar-refractivity contribution in [3.05, 3.63) is 35.4 Å². The quantitative estimate of drug-likeness (QED) is 0.733. The summed E-state index contributed by atoms with van der Waals surface area (Å²) in [6.45, 7) is 7.80. The number of aliphatic hydroxyl groups is 1. The summed E-state index contributed by atoms with van der Waals surface area (Å²) in [5, 5.41) is 12.1. The van der Waals surface area contributed by atoms with Gasteiger partial charge >= 0.3 is 0 Å². The molecular formula is C17H28N2O2. The van der Waals surface area contributed by atoms with Crippen LogP contribution in [0.4, 0.5) is 0 Å². The fraction of sp³-hybridized carbons (Fsp3) is 0.588. The topological polar surface area (TPSA) is 52.6 Å². The number of nitrogens with zero attached hydrogens (tertiary/aromatic N) is 1. The normalized spacial score (nSPS) is 11.1. The molecule has 1 rings (SSSR count). The fourth-order valence-electron chi connectivity index (χ4n) is 2.47. The van der Waals surface area contributed by atoms with Crippen LogP contribution in [0.2, 0.25) is 0 Å². The molecule has 118 valence electrons. The molecule has 2 N–H and O–H groups in total. The van der Waals surface area contributed by atoms with Gasteiger partial charge in [-0.25, -0.2) is 0 Å². The van der Waals surface area contributed by atoms with E-state index in [1.54, 1.807) is 0 Å². The molecule has 0 unspecified atom stereocenters. The molecule has 0 saturated heterocycles. The van der Waals surface area contributed by atoms with Gasteiger partial charge in [0.05, 0.1) is 13.2 Å². The number of amides is 1. The zero-order valence-electron chi connectivity index (χ0n) is 13.4. The maximum Gasteiger partial charge on any atom is 0.234 e. The first-order valence-corrected chi connectivity index (χ1v) is 7.77. The summed E-state index contributed by atoms with van der Waals surface area (Å²) in [7, 11) is 0. The summed E-state index contributed by atoms with van der Waals surface area (Å²) < 4.78 is 0. The Kier molecular flexibility index (Phi) is 8.01. The van der Waals surface area contributed by atoms with E-state index in [0.29, 0.717) is 25.7 Å². The van der Waals surface area contributed by atoms with Crippen LogP contribution in [0.1, 0.15) is 37.8 Å². The van der Waals surface area contributed by atoms with Gasteiger partial charge in [-0.3, -0.25) is 9.69 Å². The predicted octanol–water partition coefficient (Wildman–Crippen LogP) is 2.09. The lowest BCUT2D eigenvalue weighted by Gasteiger charge is -2.29. The fourth-order valence-corrected chi connectivity index (χ4v) is 2.47. The smallest absolute Gasteiger partial charge is 0.234 e. The van der Waals surface area contributed by atoms with Crippen molar-refractivity contribution in [1.29, 1.82) is 0 Å². The van der Waals surface area contributed by atoms with Gasteiger partial charge in [0, 0.05) is 19.1 Å². The van der Waals surface area contributed by atoms with E-state index in [-0.39, 0.29) is 12.5 Å². The summed E-state index contributed by atoms with van der Waals surface area (Å²) in [4.78, 5) is 14.1. The molecule has 0 aromatic heterocycles. The Morgan fingerprint density at radius 2 is 1.86 bits per heavy atom. The molecule has 0 radical (unpaired) electrons. The first-order chi connectivity index (χ1) is 10.1. The maximum absolute atomic E-state index is 12.1. The molecule has 0 atom stereocenters. The van der Waals surface area contributed by atoms with Gasteiger partial charge in [-0.1, -0.05) is 43.7 Å². The maximum atomic E-state index is 12.1. The number of carbonyl (C=O) groups is 1. The van der Waals surface area contributed by atoms with E-state index < -0.39 is 0 Å². The van der Waals surface area contributed by atoms with Gasteiger partial charge in [-0.15, -0.1) is 0 Å². The number of aliphatic hydroxyl groups excluding tert-OH is 1. The van der Waals surface area contributed by atoms with Crippen LogP contribution in [0.15, 0.2) is 24.3 Å². The molecule has 0 aliphatic rings. The second-order valence-electron chi connectivity index (χ2n) is 5.43. The monoisotopic (exact) mass is 292 g/mol. The van der Waals surface area contributed by atoms with E-state index in [2.05, 4.69) is 24.1 Å². The molecule has 21 heavy (non-hydrogen) atoms. The van der Waals surface area contributed by atoms with Gasteiger partial charge in [0.25, 0.3) is 0 Å². The van der Waals surface area contributed by atoms with Gasteiger partial charge in [-0.2, -0.15) is 0 Å². The Morgan fingerprint density at radius 3 is 2.38 bits per heavy atom. The minimum atomic E-state index is 0.0101. The Hall–Kier alpha value is -1.39. The number of aryl methyl sites for hydroxylation is 1. The highest BCUT2D eigenvalue weighted by Gasteiger charge is 2.17. The number of nitrogens with one attached hydrogen (secondary N) is 1. The number of hydrogen-bond donors (Lipinski definition) is 2. The molecule has 4 nitrogen and oxygen atoms in total. The van der Waals surface area contributed by atoms with E-state index >= 15 is 0 Å². The average Bonchev–Trinajstić information content (AvgIpc) is 2.48. The lowest BCUT2D eigenvalue weighted by molar-refractivity contribution is -0.123. The highest BCUT2D eigenvalue weighted by Crippen LogP contribution is 2.08. The van der Waals surface area contributed by atoms with Crippen molar-refractivity contribution < 1.29 is 9.90 Å². The minimum absolute atomic E-state index is 0.0101. The van der Waals surface area contributed by atoms with Crippen molar-refractivity contribution in [2.24, 2.45) is 0 Å². The Labute approximate surface area is 128 Å². The number of benzene rings is 1. The SMILES string of the molecule is CCC(CC)N(CCO)CC(=O)NCc1ccc(C)cc1. The Morgan fingerprint density at radius 1 is 1.24 bits per heavy atom. The lowest BCUT2D eigenvalue weighted by atomic mass is 10.1. The lowest BCUT2D eigenvalue weighted by Crippen LogP contribution is -2.43. The highest BCUT2D eigenvalue weighted by molar-refractivity contribution is 5.78. The van der Waals surface area contributed by atoms with Crippen LogP contribution in [-0.4, -0.2) is 41.7 Å². The van der Waals surface area contributed by atoms with Gasteiger partial charge in [-0.05, 0) is 25.3 Å². The first kappa shape index (κ1) is 17.7. The molecule has 0 fully saturated rings. The van der Waals surface area contributed by atoms with E-state index in [1.807, 2.05) is 31.2 Å². The van der Waals surface area contributed by atoms with Crippen molar-refractivity contribution in [3.8, 4) is 0 Å². The van der Waals surface area contributed by atoms with Crippen LogP contribution < -0.4 is 5.32 Å². The van der Waals surface area contributed by atoms with Gasteiger partial charge in [0.15, 0.2) is 0 Å². The minimum Gasteiger partial charge on any atom is -0.395 e. The molecular weight excluding hydrogens is 264 g/mol. The average molecular weight is 292 g/mol. The van der Waals surface area contributed by atoms with Crippen molar-refractivity contribution in [1.82, 2.24) is 10.2 Å². The second-order valence-corrected chi connectivity index (χ2v) is 5.43. The molecule has 0 spiro atoms. The Balaban J connectivity index is 2.47. The third-order valence-electron chi connectivity index (χ3n) is 3.80. The highest BCUT2D eigenvalue weighted by atomic mass is 16.3. The summed E-state index contributed by atoms with van der Waals surface area (Å²) in [6.07, 6.45) is 1.98. The largest absolute Gasteiger partial charge is 0.395 e. The number of rotatable bonds is 9. The van der Waals surface area contributed by atoms with Crippen molar-refractivity contribution in [3.63, 3.8) is 0 Å². The van der Waals surface area contributed by atoms with Gasteiger partial charge in [0.2, 0.25) is 5.91 Å². The van der Waals surface area contributed by atoms with Crippen LogP contribution in [0, 0.1) is 6.92 Å². The summed E-state index contributed by atoms with van der Waals surface area (Å²) >= 11 is 0. The van der Waals surface area contributed by atoms with E-state index in [4.69, 9.17) is 5.11 Å². The van der Waals surface area contributed by atoms with Gasteiger partial charge in [0.1, 0.15) is 0 Å². The van der Waals surface area contributed by atoms with Crippen LogP contribution >= 0.6 is 0 Å². The van der Waals surface area contributed by atoms with Crippen LogP contribution in [0.5, 0.6) is 0 Å². The molecule has 0 bridgehead atoms. The van der Waals surface area contributed by atoms with Crippen molar-refractivity contribution in [2.45, 2.75) is 46.2 Å². The zero-order chi connectivity index (χ0) is 15.7. The summed E-state index contributed by atoms with van der Waals surface area (Å²) in [5.41, 5.74) is 2.32. The Bertz CT molecular complexity index is 413. The molecule has 0 aliphatic carbocycles. The standard InChI is InChI=1S/C17H28N2O2/c1-4-16(5-2)19(10-11-20)13-17(21)18-12-15-8-6-14(3)7-9-15/h6-9,16,20H,4-5,10-13H2,1-3H3,(H,18,21). The molecule has 1 amide bonds. The van der Waals surface area contributed by atoms with Crippen molar-refractivity contribution >= 4 is 5.91 Å². The van der Waals surface area contributed by atoms with Crippen molar-refractivity contribution in [2.75, 3.05) is 19.7 Å². The molecule has 0 aliphatic heterocycles. The van der Waals surface area contributed by atoms with Crippen LogP contribution in [0.25, 0.3) is 0 Å². The number of carbonyl (C=O) groups excluding carboxylic acids is 1. The molecule has 0 heterocycles. The second kappa shape index (κ2) is 9.53. The molecule has 1 aromatic rings. The third-order valence-corrected chi connectivity index (χ3v) is 3.80. The predicted molar refractivity (Wildman–Crippen MR) is 86.1 cm³/mol. The van der Waals surface area contributed by atoms with E-state index in [1.165, 1.54) is 5.56 Å². The molecule has 1 aromatic carbocycles.